The first-order valence-electron chi connectivity index (χ1n) is 10.0. The molecule has 5 nitrogen and oxygen atoms in total. The summed E-state index contributed by atoms with van der Waals surface area (Å²) in [5.41, 5.74) is 1.59. The van der Waals surface area contributed by atoms with E-state index in [0.717, 1.165) is 5.56 Å². The predicted molar refractivity (Wildman–Crippen MR) is 111 cm³/mol. The molecular formula is C24H20F2N4O. The fourth-order valence-electron chi connectivity index (χ4n) is 4.00. The molecule has 0 aliphatic carbocycles. The summed E-state index contributed by atoms with van der Waals surface area (Å²) in [6.07, 6.45) is 4.43. The molecule has 0 spiro atoms. The monoisotopic (exact) mass is 418 g/mol. The molecule has 0 bridgehead atoms. The number of carbonyl (C=O) groups is 1. The second-order valence-corrected chi connectivity index (χ2v) is 7.77. The second kappa shape index (κ2) is 8.60. The molecule has 2 heterocycles. The Morgan fingerprint density at radius 1 is 1.06 bits per heavy atom. The molecule has 0 unspecified atom stereocenters. The number of benzene rings is 2. The van der Waals surface area contributed by atoms with Gasteiger partial charge in [-0.05, 0) is 61.2 Å². The number of nitrogens with zero attached hydrogens (tertiary/aromatic N) is 4. The van der Waals surface area contributed by atoms with Gasteiger partial charge in [-0.2, -0.15) is 5.26 Å². The lowest BCUT2D eigenvalue weighted by atomic mass is 9.75. The molecule has 7 heteroatoms. The van der Waals surface area contributed by atoms with Crippen LogP contribution in [-0.4, -0.2) is 33.9 Å². The number of hydrogen-bond acceptors (Lipinski definition) is 4. The summed E-state index contributed by atoms with van der Waals surface area (Å²) in [6.45, 7) is 0.765. The van der Waals surface area contributed by atoms with Crippen LogP contribution >= 0.6 is 0 Å². The maximum absolute atomic E-state index is 14.0. The number of rotatable bonds is 4. The van der Waals surface area contributed by atoms with Crippen LogP contribution in [0.3, 0.4) is 0 Å². The van der Waals surface area contributed by atoms with Gasteiger partial charge in [-0.25, -0.2) is 18.7 Å². The van der Waals surface area contributed by atoms with Crippen LogP contribution in [0.4, 0.5) is 8.78 Å². The van der Waals surface area contributed by atoms with Gasteiger partial charge in [0.2, 0.25) is 0 Å². The highest BCUT2D eigenvalue weighted by Crippen LogP contribution is 2.35. The van der Waals surface area contributed by atoms with Gasteiger partial charge < -0.3 is 4.90 Å². The first-order chi connectivity index (χ1) is 15.0. The van der Waals surface area contributed by atoms with E-state index < -0.39 is 11.2 Å². The molecule has 2 aromatic carbocycles. The maximum Gasteiger partial charge on any atom is 0.254 e. The minimum absolute atomic E-state index is 0.238. The number of carbonyl (C=O) groups excluding carboxylic acids is 1. The Morgan fingerprint density at radius 3 is 2.42 bits per heavy atom. The number of halogens is 2. The molecule has 1 amide bonds. The Kier molecular flexibility index (Phi) is 5.72. The maximum atomic E-state index is 14.0. The number of piperidine rings is 1. The molecule has 0 atom stereocenters. The molecule has 4 rings (SSSR count). The molecule has 3 aromatic rings. The third-order valence-corrected chi connectivity index (χ3v) is 5.77. The van der Waals surface area contributed by atoms with Crippen molar-refractivity contribution >= 4 is 5.91 Å². The summed E-state index contributed by atoms with van der Waals surface area (Å²) < 4.78 is 27.1. The lowest BCUT2D eigenvalue weighted by Gasteiger charge is -2.37. The zero-order valence-electron chi connectivity index (χ0n) is 16.8. The van der Waals surface area contributed by atoms with Gasteiger partial charge in [-0.3, -0.25) is 4.79 Å². The third-order valence-electron chi connectivity index (χ3n) is 5.77. The Hall–Kier alpha value is -3.66. The smallest absolute Gasteiger partial charge is 0.254 e. The molecule has 1 aliphatic heterocycles. The average molecular weight is 418 g/mol. The summed E-state index contributed by atoms with van der Waals surface area (Å²) in [4.78, 5) is 23.0. The van der Waals surface area contributed by atoms with Crippen molar-refractivity contribution in [3.05, 3.63) is 83.8 Å². The molecule has 156 valence electrons. The molecule has 1 aromatic heterocycles. The molecular weight excluding hydrogens is 398 g/mol. The van der Waals surface area contributed by atoms with Gasteiger partial charge in [0.15, 0.2) is 0 Å². The number of likely N-dealkylation sites (tertiary alicyclic amines) is 1. The number of amides is 1. The van der Waals surface area contributed by atoms with Gasteiger partial charge >= 0.3 is 0 Å². The SMILES string of the molecule is N#CC1(Cc2ccc(F)cc2)CCN(C(=O)c2cc(F)ccc2-c2ccncn2)CC1. The van der Waals surface area contributed by atoms with Gasteiger partial charge in [-0.15, -0.1) is 0 Å². The predicted octanol–water partition coefficient (Wildman–Crippen LogP) is 4.41. The van der Waals surface area contributed by atoms with E-state index in [1.165, 1.54) is 30.6 Å². The second-order valence-electron chi connectivity index (χ2n) is 7.77. The van der Waals surface area contributed by atoms with Crippen molar-refractivity contribution in [2.24, 2.45) is 5.41 Å². The molecule has 1 saturated heterocycles. The first kappa shape index (κ1) is 20.6. The molecule has 1 fully saturated rings. The van der Waals surface area contributed by atoms with Crippen molar-refractivity contribution < 1.29 is 13.6 Å². The molecule has 0 N–H and O–H groups in total. The van der Waals surface area contributed by atoms with Crippen molar-refractivity contribution in [2.45, 2.75) is 19.3 Å². The Bertz CT molecular complexity index is 1120. The standard InChI is InChI=1S/C24H20F2N4O/c25-18-3-1-17(2-4-18)14-24(15-27)8-11-30(12-9-24)23(31)21-13-19(26)5-6-20(21)22-7-10-28-16-29-22/h1-7,10,13,16H,8-9,11-12,14H2. The minimum atomic E-state index is -0.619. The molecule has 31 heavy (non-hydrogen) atoms. The van der Waals surface area contributed by atoms with E-state index in [0.29, 0.717) is 43.6 Å². The Morgan fingerprint density at radius 2 is 1.77 bits per heavy atom. The highest BCUT2D eigenvalue weighted by Gasteiger charge is 2.37. The van der Waals surface area contributed by atoms with E-state index in [2.05, 4.69) is 16.0 Å². The lowest BCUT2D eigenvalue weighted by molar-refractivity contribution is 0.0647. The van der Waals surface area contributed by atoms with E-state index in [1.807, 2.05) is 0 Å². The van der Waals surface area contributed by atoms with Crippen molar-refractivity contribution in [1.82, 2.24) is 14.9 Å². The highest BCUT2D eigenvalue weighted by molar-refractivity contribution is 6.00. The summed E-state index contributed by atoms with van der Waals surface area (Å²) in [5, 5.41) is 9.84. The molecule has 0 saturated carbocycles. The van der Waals surface area contributed by atoms with Crippen LogP contribution in [0, 0.1) is 28.4 Å². The number of nitriles is 1. The van der Waals surface area contributed by atoms with Crippen LogP contribution < -0.4 is 0 Å². The van der Waals surface area contributed by atoms with Crippen molar-refractivity contribution in [1.29, 1.82) is 5.26 Å². The molecule has 0 radical (unpaired) electrons. The van der Waals surface area contributed by atoms with Crippen molar-refractivity contribution in [3.8, 4) is 17.3 Å². The van der Waals surface area contributed by atoms with Crippen LogP contribution in [0.25, 0.3) is 11.3 Å². The zero-order chi connectivity index (χ0) is 21.8. The fraction of sp³-hybridized carbons (Fsp3) is 0.250. The highest BCUT2D eigenvalue weighted by atomic mass is 19.1. The van der Waals surface area contributed by atoms with Crippen molar-refractivity contribution in [3.63, 3.8) is 0 Å². The normalized spacial score (nSPS) is 15.3. The largest absolute Gasteiger partial charge is 0.339 e. The lowest BCUT2D eigenvalue weighted by Crippen LogP contribution is -2.43. The molecule has 1 aliphatic rings. The summed E-state index contributed by atoms with van der Waals surface area (Å²) in [6, 6.07) is 14.3. The summed E-state index contributed by atoms with van der Waals surface area (Å²) >= 11 is 0. The van der Waals surface area contributed by atoms with Crippen LogP contribution in [0.2, 0.25) is 0 Å². The van der Waals surface area contributed by atoms with E-state index in [4.69, 9.17) is 0 Å². The zero-order valence-corrected chi connectivity index (χ0v) is 16.8. The van der Waals surface area contributed by atoms with E-state index in [-0.39, 0.29) is 17.3 Å². The average Bonchev–Trinajstić information content (AvgIpc) is 2.81. The van der Waals surface area contributed by atoms with Gasteiger partial charge in [-0.1, -0.05) is 12.1 Å². The first-order valence-corrected chi connectivity index (χ1v) is 10.0. The topological polar surface area (TPSA) is 69.9 Å². The summed E-state index contributed by atoms with van der Waals surface area (Å²) in [7, 11) is 0. The van der Waals surface area contributed by atoms with Gasteiger partial charge in [0, 0.05) is 24.8 Å². The van der Waals surface area contributed by atoms with Crippen LogP contribution in [-0.2, 0) is 6.42 Å². The van der Waals surface area contributed by atoms with Crippen LogP contribution in [0.5, 0.6) is 0 Å². The Labute approximate surface area is 179 Å². The van der Waals surface area contributed by atoms with E-state index >= 15 is 0 Å². The number of hydrogen-bond donors (Lipinski definition) is 0. The van der Waals surface area contributed by atoms with Gasteiger partial charge in [0.25, 0.3) is 5.91 Å². The van der Waals surface area contributed by atoms with Crippen LogP contribution in [0.1, 0.15) is 28.8 Å². The quantitative estimate of drug-likeness (QED) is 0.629. The van der Waals surface area contributed by atoms with Crippen LogP contribution in [0.15, 0.2) is 61.1 Å². The summed E-state index contributed by atoms with van der Waals surface area (Å²) in [5.74, 6) is -1.10. The number of aromatic nitrogens is 2. The van der Waals surface area contributed by atoms with Crippen molar-refractivity contribution in [2.75, 3.05) is 13.1 Å². The third kappa shape index (κ3) is 4.43. The van der Waals surface area contributed by atoms with E-state index in [9.17, 15) is 18.8 Å². The fourth-order valence-corrected chi connectivity index (χ4v) is 4.00. The minimum Gasteiger partial charge on any atom is -0.339 e. The van der Waals surface area contributed by atoms with E-state index in [1.54, 1.807) is 35.4 Å². The van der Waals surface area contributed by atoms with Gasteiger partial charge in [0.05, 0.1) is 22.7 Å². The van der Waals surface area contributed by atoms with Gasteiger partial charge in [0.1, 0.15) is 18.0 Å². The Balaban J connectivity index is 1.53.